The van der Waals surface area contributed by atoms with Crippen molar-refractivity contribution in [3.8, 4) is 0 Å². The van der Waals surface area contributed by atoms with Gasteiger partial charge in [-0.05, 0) is 43.2 Å². The van der Waals surface area contributed by atoms with Gasteiger partial charge in [-0.2, -0.15) is 0 Å². The van der Waals surface area contributed by atoms with E-state index in [4.69, 9.17) is 0 Å². The Kier molecular flexibility index (Phi) is 8.40. The fraction of sp³-hybridized carbons (Fsp3) is 0.417. The molecule has 156 valence electrons. The molecule has 0 bridgehead atoms. The number of aryl methyl sites for hydroxylation is 1. The molecule has 4 N–H and O–H groups in total. The maximum atomic E-state index is 12.7. The number of nitrogens with one attached hydrogen (secondary N) is 2. The summed E-state index contributed by atoms with van der Waals surface area (Å²) in [6.45, 7) is 9.96. The van der Waals surface area contributed by atoms with Crippen molar-refractivity contribution in [3.05, 3.63) is 59.7 Å². The lowest BCUT2D eigenvalue weighted by molar-refractivity contribution is -0.718. The Morgan fingerprint density at radius 3 is 1.93 bits per heavy atom. The third-order valence-corrected chi connectivity index (χ3v) is 5.00. The second-order valence-electron chi connectivity index (χ2n) is 7.99. The Balaban J connectivity index is 2.00. The van der Waals surface area contributed by atoms with Crippen LogP contribution >= 0.6 is 0 Å². The van der Waals surface area contributed by atoms with Crippen molar-refractivity contribution in [2.75, 3.05) is 10.6 Å². The van der Waals surface area contributed by atoms with Gasteiger partial charge in [-0.3, -0.25) is 9.59 Å². The highest BCUT2D eigenvalue weighted by Crippen LogP contribution is 2.19. The molecule has 0 fully saturated rings. The zero-order valence-corrected chi connectivity index (χ0v) is 18.2. The Bertz CT molecular complexity index is 798. The lowest BCUT2D eigenvalue weighted by Gasteiger charge is -2.23. The summed E-state index contributed by atoms with van der Waals surface area (Å²) in [5.74, 6) is 0.247. The minimum atomic E-state index is -0.229. The molecule has 0 heterocycles. The maximum absolute atomic E-state index is 12.7. The summed E-state index contributed by atoms with van der Waals surface area (Å²) in [4.78, 5) is 23.8. The van der Waals surface area contributed by atoms with E-state index < -0.39 is 0 Å². The number of carbonyl (C=O) groups is 2. The number of hydrogen-bond acceptors (Lipinski definition) is 2. The number of quaternary nitrogens is 1. The van der Waals surface area contributed by atoms with Crippen molar-refractivity contribution in [1.29, 1.82) is 0 Å². The summed E-state index contributed by atoms with van der Waals surface area (Å²) in [6, 6.07) is 15.9. The molecule has 5 nitrogen and oxygen atoms in total. The zero-order chi connectivity index (χ0) is 21.4. The van der Waals surface area contributed by atoms with Gasteiger partial charge in [-0.1, -0.05) is 51.5 Å². The van der Waals surface area contributed by atoms with E-state index >= 15 is 0 Å². The lowest BCUT2D eigenvalue weighted by Crippen LogP contribution is -2.93. The van der Waals surface area contributed by atoms with Gasteiger partial charge in [-0.15, -0.1) is 0 Å². The molecule has 0 aliphatic heterocycles. The number of carbonyl (C=O) groups excluding carboxylic acids is 2. The van der Waals surface area contributed by atoms with Gasteiger partial charge >= 0.3 is 0 Å². The van der Waals surface area contributed by atoms with E-state index in [1.54, 1.807) is 24.3 Å². The van der Waals surface area contributed by atoms with Crippen LogP contribution in [-0.4, -0.2) is 17.9 Å². The van der Waals surface area contributed by atoms with E-state index in [9.17, 15) is 9.59 Å². The van der Waals surface area contributed by atoms with Crippen molar-refractivity contribution in [3.63, 3.8) is 0 Å². The molecule has 0 aliphatic carbocycles. The lowest BCUT2D eigenvalue weighted by atomic mass is 9.94. The predicted octanol–water partition coefficient (Wildman–Crippen LogP) is 3.89. The zero-order valence-electron chi connectivity index (χ0n) is 18.2. The van der Waals surface area contributed by atoms with Gasteiger partial charge in [0.2, 0.25) is 5.91 Å². The Hall–Kier alpha value is -2.66. The summed E-state index contributed by atoms with van der Waals surface area (Å²) in [6.07, 6.45) is 2.23. The van der Waals surface area contributed by atoms with Crippen LogP contribution in [0.5, 0.6) is 0 Å². The number of hydrogen-bond donors (Lipinski definition) is 3. The molecular formula is C24H34N3O2+. The van der Waals surface area contributed by atoms with Gasteiger partial charge in [0.15, 0.2) is 6.04 Å². The molecule has 0 saturated carbocycles. The first kappa shape index (κ1) is 22.6. The van der Waals surface area contributed by atoms with Gasteiger partial charge in [0, 0.05) is 29.8 Å². The normalized spacial score (nSPS) is 13.0. The Morgan fingerprint density at radius 1 is 0.897 bits per heavy atom. The number of rotatable bonds is 9. The van der Waals surface area contributed by atoms with Crippen LogP contribution in [0.3, 0.4) is 0 Å². The monoisotopic (exact) mass is 396 g/mol. The highest BCUT2D eigenvalue weighted by molar-refractivity contribution is 5.94. The van der Waals surface area contributed by atoms with Crippen molar-refractivity contribution in [1.82, 2.24) is 0 Å². The highest BCUT2D eigenvalue weighted by Gasteiger charge is 2.26. The molecule has 2 rings (SSSR count). The SMILES string of the molecule is CCCc1ccc([C@H]([NH2+][C@@H](C)C(=O)Nc2ccc(NC(C)=O)cc2)C(C)C)cc1. The fourth-order valence-electron chi connectivity index (χ4n) is 3.41. The van der Waals surface area contributed by atoms with Crippen molar-refractivity contribution < 1.29 is 14.9 Å². The summed E-state index contributed by atoms with van der Waals surface area (Å²) in [5.41, 5.74) is 4.03. The van der Waals surface area contributed by atoms with Gasteiger partial charge in [0.05, 0.1) is 0 Å². The topological polar surface area (TPSA) is 74.8 Å². The first-order valence-corrected chi connectivity index (χ1v) is 10.4. The molecule has 2 aromatic carbocycles. The molecule has 0 aromatic heterocycles. The molecule has 2 aromatic rings. The van der Waals surface area contributed by atoms with Gasteiger partial charge in [0.25, 0.3) is 5.91 Å². The van der Waals surface area contributed by atoms with E-state index in [1.807, 2.05) is 6.92 Å². The molecule has 0 saturated heterocycles. The van der Waals surface area contributed by atoms with E-state index in [2.05, 4.69) is 61.0 Å². The standard InChI is InChI=1S/C24H33N3O2/c1-6-7-19-8-10-20(11-9-19)23(16(2)3)25-17(4)24(29)27-22-14-12-21(13-15-22)26-18(5)28/h8-17,23,25H,6-7H2,1-5H3,(H,26,28)(H,27,29)/p+1/t17-,23+/m0/s1. The number of amides is 2. The van der Waals surface area contributed by atoms with Crippen molar-refractivity contribution in [2.24, 2.45) is 5.92 Å². The highest BCUT2D eigenvalue weighted by atomic mass is 16.2. The van der Waals surface area contributed by atoms with E-state index in [0.29, 0.717) is 11.6 Å². The second kappa shape index (κ2) is 10.8. The van der Waals surface area contributed by atoms with Crippen LogP contribution in [0.2, 0.25) is 0 Å². The Morgan fingerprint density at radius 2 is 1.45 bits per heavy atom. The van der Waals surface area contributed by atoms with Gasteiger partial charge < -0.3 is 16.0 Å². The van der Waals surface area contributed by atoms with E-state index in [0.717, 1.165) is 18.5 Å². The predicted molar refractivity (Wildman–Crippen MR) is 119 cm³/mol. The maximum Gasteiger partial charge on any atom is 0.282 e. The number of benzene rings is 2. The number of nitrogens with two attached hydrogens (primary N) is 1. The average molecular weight is 397 g/mol. The van der Waals surface area contributed by atoms with E-state index in [-0.39, 0.29) is 23.9 Å². The second-order valence-corrected chi connectivity index (χ2v) is 7.99. The molecule has 5 heteroatoms. The number of anilines is 2. The third-order valence-electron chi connectivity index (χ3n) is 5.00. The van der Waals surface area contributed by atoms with Crippen LogP contribution < -0.4 is 16.0 Å². The molecule has 0 radical (unpaired) electrons. The molecule has 29 heavy (non-hydrogen) atoms. The Labute approximate surface area is 174 Å². The molecule has 0 aliphatic rings. The van der Waals surface area contributed by atoms with Crippen LogP contribution in [-0.2, 0) is 16.0 Å². The van der Waals surface area contributed by atoms with Gasteiger partial charge in [0.1, 0.15) is 6.04 Å². The summed E-state index contributed by atoms with van der Waals surface area (Å²) < 4.78 is 0. The minimum Gasteiger partial charge on any atom is -0.330 e. The molecular weight excluding hydrogens is 362 g/mol. The largest absolute Gasteiger partial charge is 0.330 e. The summed E-state index contributed by atoms with van der Waals surface area (Å²) in [7, 11) is 0. The van der Waals surface area contributed by atoms with Crippen LogP contribution in [0.25, 0.3) is 0 Å². The van der Waals surface area contributed by atoms with Crippen molar-refractivity contribution in [2.45, 2.75) is 59.5 Å². The third kappa shape index (κ3) is 7.02. The fourth-order valence-corrected chi connectivity index (χ4v) is 3.41. The average Bonchev–Trinajstić information content (AvgIpc) is 2.68. The molecule has 0 spiro atoms. The van der Waals surface area contributed by atoms with Crippen LogP contribution in [0.4, 0.5) is 11.4 Å². The minimum absolute atomic E-state index is 0.0365. The summed E-state index contributed by atoms with van der Waals surface area (Å²) >= 11 is 0. The van der Waals surface area contributed by atoms with Crippen LogP contribution in [0, 0.1) is 5.92 Å². The molecule has 2 atom stereocenters. The quantitative estimate of drug-likeness (QED) is 0.602. The molecule has 0 unspecified atom stereocenters. The van der Waals surface area contributed by atoms with Gasteiger partial charge in [-0.25, -0.2) is 0 Å². The first-order chi connectivity index (χ1) is 13.8. The van der Waals surface area contributed by atoms with E-state index in [1.165, 1.54) is 18.1 Å². The van der Waals surface area contributed by atoms with Crippen LogP contribution in [0.15, 0.2) is 48.5 Å². The van der Waals surface area contributed by atoms with Crippen molar-refractivity contribution >= 4 is 23.2 Å². The first-order valence-electron chi connectivity index (χ1n) is 10.4. The summed E-state index contributed by atoms with van der Waals surface area (Å²) in [5, 5.41) is 7.82. The van der Waals surface area contributed by atoms with Crippen LogP contribution in [0.1, 0.15) is 58.2 Å². The smallest absolute Gasteiger partial charge is 0.282 e. The molecule has 2 amide bonds.